The van der Waals surface area contributed by atoms with Gasteiger partial charge in [-0.15, -0.1) is 0 Å². The summed E-state index contributed by atoms with van der Waals surface area (Å²) in [5.41, 5.74) is -2.23. The normalized spacial score (nSPS) is 36.4. The molecular formula is C13H22F3N3O. The summed E-state index contributed by atoms with van der Waals surface area (Å²) >= 11 is 0. The molecule has 4 nitrogen and oxygen atoms in total. The third kappa shape index (κ3) is 2.41. The summed E-state index contributed by atoms with van der Waals surface area (Å²) in [5, 5.41) is 2.69. The second-order valence-electron chi connectivity index (χ2n) is 6.08. The predicted octanol–water partition coefficient (Wildman–Crippen LogP) is 1.08. The number of alkyl halides is 3. The first-order chi connectivity index (χ1) is 9.19. The van der Waals surface area contributed by atoms with Gasteiger partial charge in [-0.3, -0.25) is 9.69 Å². The van der Waals surface area contributed by atoms with Gasteiger partial charge < -0.3 is 10.2 Å². The van der Waals surface area contributed by atoms with Crippen LogP contribution in [0, 0.1) is 5.41 Å². The molecule has 3 atom stereocenters. The average Bonchev–Trinajstić information content (AvgIpc) is 2.84. The molecule has 0 radical (unpaired) electrons. The van der Waals surface area contributed by atoms with Gasteiger partial charge in [-0.1, -0.05) is 0 Å². The van der Waals surface area contributed by atoms with Crippen molar-refractivity contribution >= 4 is 5.91 Å². The molecule has 20 heavy (non-hydrogen) atoms. The smallest absolute Gasteiger partial charge is 0.339 e. The number of halogens is 3. The molecule has 0 aromatic heterocycles. The molecule has 2 aliphatic rings. The fourth-order valence-electron chi connectivity index (χ4n) is 3.11. The van der Waals surface area contributed by atoms with Gasteiger partial charge in [0, 0.05) is 31.7 Å². The maximum absolute atomic E-state index is 13.4. The lowest BCUT2D eigenvalue weighted by Gasteiger charge is -2.45. The van der Waals surface area contributed by atoms with Crippen molar-refractivity contribution in [2.75, 3.05) is 33.2 Å². The molecule has 1 N–H and O–H groups in total. The van der Waals surface area contributed by atoms with Gasteiger partial charge in [0.15, 0.2) is 5.41 Å². The monoisotopic (exact) mass is 293 g/mol. The third-order valence-corrected chi connectivity index (χ3v) is 4.75. The van der Waals surface area contributed by atoms with E-state index in [9.17, 15) is 18.0 Å². The molecule has 0 saturated carbocycles. The third-order valence-electron chi connectivity index (χ3n) is 4.75. The molecule has 2 rings (SSSR count). The molecule has 0 spiro atoms. The quantitative estimate of drug-likeness (QED) is 0.786. The van der Waals surface area contributed by atoms with Gasteiger partial charge in [-0.05, 0) is 33.9 Å². The number of amides is 1. The van der Waals surface area contributed by atoms with E-state index in [0.717, 1.165) is 0 Å². The number of hydrogen-bond acceptors (Lipinski definition) is 3. The molecule has 2 saturated heterocycles. The highest BCUT2D eigenvalue weighted by Gasteiger charge is 2.62. The van der Waals surface area contributed by atoms with Crippen LogP contribution < -0.4 is 5.32 Å². The predicted molar refractivity (Wildman–Crippen MR) is 69.2 cm³/mol. The number of likely N-dealkylation sites (N-methyl/N-ethyl adjacent to an activating group) is 1. The number of nitrogens with zero attached hydrogens (tertiary/aromatic N) is 2. The Morgan fingerprint density at radius 1 is 1.25 bits per heavy atom. The molecule has 2 heterocycles. The van der Waals surface area contributed by atoms with Gasteiger partial charge in [0.2, 0.25) is 5.91 Å². The number of piperazine rings is 1. The molecule has 0 bridgehead atoms. The number of carbonyl (C=O) groups excluding carboxylic acids is 1. The van der Waals surface area contributed by atoms with Gasteiger partial charge in [-0.2, -0.15) is 13.2 Å². The average molecular weight is 293 g/mol. The molecular weight excluding hydrogens is 271 g/mol. The van der Waals surface area contributed by atoms with Gasteiger partial charge in [0.05, 0.1) is 0 Å². The van der Waals surface area contributed by atoms with Crippen LogP contribution in [0.5, 0.6) is 0 Å². The Morgan fingerprint density at radius 2 is 1.80 bits per heavy atom. The van der Waals surface area contributed by atoms with E-state index in [2.05, 4.69) is 10.2 Å². The van der Waals surface area contributed by atoms with Crippen LogP contribution in [0.4, 0.5) is 13.2 Å². The minimum Gasteiger partial charge on any atom is -0.339 e. The van der Waals surface area contributed by atoms with Crippen LogP contribution >= 0.6 is 0 Å². The van der Waals surface area contributed by atoms with E-state index in [1.807, 2.05) is 20.9 Å². The summed E-state index contributed by atoms with van der Waals surface area (Å²) in [6, 6.07) is 0.143. The van der Waals surface area contributed by atoms with Crippen molar-refractivity contribution in [1.29, 1.82) is 0 Å². The Labute approximate surface area is 117 Å². The molecule has 0 aromatic rings. The summed E-state index contributed by atoms with van der Waals surface area (Å²) in [4.78, 5) is 16.0. The van der Waals surface area contributed by atoms with Crippen LogP contribution in [0.25, 0.3) is 0 Å². The van der Waals surface area contributed by atoms with Gasteiger partial charge in [0.25, 0.3) is 0 Å². The van der Waals surface area contributed by atoms with E-state index in [1.165, 1.54) is 4.90 Å². The SMILES string of the molecule is CC1CN(C(=O)C2(C(F)(F)F)CCNC2)CC(C)N1C. The van der Waals surface area contributed by atoms with Gasteiger partial charge in [0.1, 0.15) is 0 Å². The van der Waals surface area contributed by atoms with E-state index in [0.29, 0.717) is 13.1 Å². The van der Waals surface area contributed by atoms with Crippen molar-refractivity contribution in [1.82, 2.24) is 15.1 Å². The summed E-state index contributed by atoms with van der Waals surface area (Å²) < 4.78 is 40.2. The second kappa shape index (κ2) is 5.18. The summed E-state index contributed by atoms with van der Waals surface area (Å²) in [7, 11) is 1.94. The zero-order chi connectivity index (χ0) is 15.1. The van der Waals surface area contributed by atoms with Crippen molar-refractivity contribution in [2.24, 2.45) is 5.41 Å². The summed E-state index contributed by atoms with van der Waals surface area (Å²) in [6.45, 7) is 4.52. The van der Waals surface area contributed by atoms with Crippen molar-refractivity contribution in [3.05, 3.63) is 0 Å². The Bertz CT molecular complexity index is 368. The van der Waals surface area contributed by atoms with Crippen molar-refractivity contribution in [3.63, 3.8) is 0 Å². The van der Waals surface area contributed by atoms with Crippen LogP contribution in [0.3, 0.4) is 0 Å². The minimum atomic E-state index is -4.50. The Hall–Kier alpha value is -0.820. The highest BCUT2D eigenvalue weighted by Crippen LogP contribution is 2.44. The maximum Gasteiger partial charge on any atom is 0.404 e. The van der Waals surface area contributed by atoms with Crippen molar-refractivity contribution in [2.45, 2.75) is 38.5 Å². The topological polar surface area (TPSA) is 35.6 Å². The van der Waals surface area contributed by atoms with Crippen LogP contribution in [0.2, 0.25) is 0 Å². The van der Waals surface area contributed by atoms with E-state index < -0.39 is 17.5 Å². The lowest BCUT2D eigenvalue weighted by molar-refractivity contribution is -0.223. The number of nitrogens with one attached hydrogen (secondary N) is 1. The van der Waals surface area contributed by atoms with Gasteiger partial charge in [-0.25, -0.2) is 0 Å². The zero-order valence-electron chi connectivity index (χ0n) is 12.1. The van der Waals surface area contributed by atoms with Crippen LogP contribution in [-0.4, -0.2) is 67.2 Å². The van der Waals surface area contributed by atoms with E-state index in [-0.39, 0.29) is 31.6 Å². The fourth-order valence-corrected chi connectivity index (χ4v) is 3.11. The highest BCUT2D eigenvalue weighted by molar-refractivity contribution is 5.84. The molecule has 7 heteroatoms. The van der Waals surface area contributed by atoms with Crippen LogP contribution in [0.1, 0.15) is 20.3 Å². The standard InChI is InChI=1S/C13H22F3N3O/c1-9-6-19(7-10(2)18(9)3)11(20)12(13(14,15)16)4-5-17-8-12/h9-10,17H,4-8H2,1-3H3. The summed E-state index contributed by atoms with van der Waals surface area (Å²) in [5.74, 6) is -0.762. The Balaban J connectivity index is 2.21. The minimum absolute atomic E-state index is 0.0716. The van der Waals surface area contributed by atoms with E-state index in [1.54, 1.807) is 0 Å². The maximum atomic E-state index is 13.4. The van der Waals surface area contributed by atoms with Crippen LogP contribution in [-0.2, 0) is 4.79 Å². The first-order valence-corrected chi connectivity index (χ1v) is 6.98. The molecule has 0 aromatic carbocycles. The van der Waals surface area contributed by atoms with Crippen molar-refractivity contribution in [3.8, 4) is 0 Å². The lowest BCUT2D eigenvalue weighted by atomic mass is 9.84. The van der Waals surface area contributed by atoms with E-state index in [4.69, 9.17) is 0 Å². The first kappa shape index (κ1) is 15.6. The number of hydrogen-bond donors (Lipinski definition) is 1. The van der Waals surface area contributed by atoms with Gasteiger partial charge >= 0.3 is 6.18 Å². The largest absolute Gasteiger partial charge is 0.404 e. The van der Waals surface area contributed by atoms with E-state index >= 15 is 0 Å². The lowest BCUT2D eigenvalue weighted by Crippen LogP contribution is -2.61. The Morgan fingerprint density at radius 3 is 2.20 bits per heavy atom. The molecule has 2 aliphatic heterocycles. The molecule has 0 aliphatic carbocycles. The molecule has 3 unspecified atom stereocenters. The Kier molecular flexibility index (Phi) is 4.03. The fraction of sp³-hybridized carbons (Fsp3) is 0.923. The molecule has 116 valence electrons. The zero-order valence-corrected chi connectivity index (χ0v) is 12.1. The highest BCUT2D eigenvalue weighted by atomic mass is 19.4. The number of rotatable bonds is 1. The number of carbonyl (C=O) groups is 1. The summed E-state index contributed by atoms with van der Waals surface area (Å²) in [6.07, 6.45) is -4.66. The molecule has 1 amide bonds. The van der Waals surface area contributed by atoms with Crippen molar-refractivity contribution < 1.29 is 18.0 Å². The second-order valence-corrected chi connectivity index (χ2v) is 6.08. The van der Waals surface area contributed by atoms with Crippen LogP contribution in [0.15, 0.2) is 0 Å². The first-order valence-electron chi connectivity index (χ1n) is 6.98. The molecule has 2 fully saturated rings.